The van der Waals surface area contributed by atoms with Crippen LogP contribution in [0, 0.1) is 21.7 Å². The minimum atomic E-state index is -0.824. The van der Waals surface area contributed by atoms with Crippen molar-refractivity contribution in [2.45, 2.75) is 6.54 Å². The summed E-state index contributed by atoms with van der Waals surface area (Å²) in [6, 6.07) is 11.0. The van der Waals surface area contributed by atoms with Crippen LogP contribution in [0.5, 0.6) is 0 Å². The number of anilines is 1. The highest BCUT2D eigenvalue weighted by Gasteiger charge is 2.21. The van der Waals surface area contributed by atoms with Gasteiger partial charge in [0.15, 0.2) is 10.9 Å². The van der Waals surface area contributed by atoms with Gasteiger partial charge in [-0.05, 0) is 29.8 Å². The Morgan fingerprint density at radius 1 is 1.23 bits per heavy atom. The Labute approximate surface area is 178 Å². The Kier molecular flexibility index (Phi) is 5.54. The molecule has 0 bridgehead atoms. The molecule has 2 aromatic carbocycles. The Bertz CT molecular complexity index is 1300. The molecule has 7 nitrogen and oxygen atoms in total. The van der Waals surface area contributed by atoms with Crippen LogP contribution in [-0.2, 0) is 11.3 Å². The van der Waals surface area contributed by atoms with Crippen molar-refractivity contribution in [3.8, 4) is 0 Å². The second-order valence-electron chi connectivity index (χ2n) is 6.42. The molecule has 1 amide bonds. The van der Waals surface area contributed by atoms with Gasteiger partial charge in [0, 0.05) is 24.3 Å². The molecule has 0 atom stereocenters. The quantitative estimate of drug-likeness (QED) is 0.229. The van der Waals surface area contributed by atoms with E-state index in [9.17, 15) is 23.7 Å². The van der Waals surface area contributed by atoms with Crippen molar-refractivity contribution in [1.82, 2.24) is 4.98 Å². The molecule has 0 aliphatic carbocycles. The van der Waals surface area contributed by atoms with Gasteiger partial charge in [-0.3, -0.25) is 19.8 Å². The number of hydrogen-bond donors (Lipinski definition) is 0. The predicted octanol–water partition coefficient (Wildman–Crippen LogP) is 5.32. The summed E-state index contributed by atoms with van der Waals surface area (Å²) in [5, 5.41) is 11.1. The summed E-state index contributed by atoms with van der Waals surface area (Å²) in [4.78, 5) is 28.8. The van der Waals surface area contributed by atoms with Gasteiger partial charge in [-0.1, -0.05) is 23.5 Å². The first-order valence-corrected chi connectivity index (χ1v) is 9.74. The number of amides is 1. The summed E-state index contributed by atoms with van der Waals surface area (Å²) < 4.78 is 33.2. The molecule has 0 radical (unpaired) electrons. The lowest BCUT2D eigenvalue weighted by molar-refractivity contribution is -0.384. The summed E-state index contributed by atoms with van der Waals surface area (Å²) in [7, 11) is 0. The maximum absolute atomic E-state index is 14.1. The molecule has 0 aliphatic rings. The molecule has 31 heavy (non-hydrogen) atoms. The number of nitrogens with zero attached hydrogens (tertiary/aromatic N) is 3. The fourth-order valence-corrected chi connectivity index (χ4v) is 3.87. The first-order chi connectivity index (χ1) is 14.9. The molecule has 0 saturated carbocycles. The van der Waals surface area contributed by atoms with Crippen LogP contribution in [-0.4, -0.2) is 15.8 Å². The van der Waals surface area contributed by atoms with Crippen LogP contribution >= 0.6 is 11.3 Å². The smallest absolute Gasteiger partial charge is 0.270 e. The van der Waals surface area contributed by atoms with Crippen LogP contribution in [0.2, 0.25) is 0 Å². The Morgan fingerprint density at radius 3 is 2.81 bits per heavy atom. The zero-order valence-electron chi connectivity index (χ0n) is 15.7. The van der Waals surface area contributed by atoms with E-state index in [1.807, 2.05) is 0 Å². The lowest BCUT2D eigenvalue weighted by atomic mass is 10.2. The fraction of sp³-hybridized carbons (Fsp3) is 0.0476. The average Bonchev–Trinajstić information content (AvgIpc) is 3.40. The molecule has 0 aliphatic heterocycles. The van der Waals surface area contributed by atoms with E-state index in [1.165, 1.54) is 41.5 Å². The molecule has 2 heterocycles. The van der Waals surface area contributed by atoms with Crippen LogP contribution in [0.25, 0.3) is 16.3 Å². The summed E-state index contributed by atoms with van der Waals surface area (Å²) in [5.74, 6) is -1.62. The van der Waals surface area contributed by atoms with Gasteiger partial charge in [-0.25, -0.2) is 13.8 Å². The highest BCUT2D eigenvalue weighted by atomic mass is 32.1. The topological polar surface area (TPSA) is 89.5 Å². The number of aromatic nitrogens is 1. The van der Waals surface area contributed by atoms with Crippen LogP contribution in [0.3, 0.4) is 0 Å². The first kappa shape index (κ1) is 20.4. The molecular weight excluding hydrogens is 428 g/mol. The van der Waals surface area contributed by atoms with Gasteiger partial charge in [0.25, 0.3) is 11.6 Å². The van der Waals surface area contributed by atoms with Crippen LogP contribution < -0.4 is 4.90 Å². The van der Waals surface area contributed by atoms with Crippen molar-refractivity contribution in [2.75, 3.05) is 4.90 Å². The summed E-state index contributed by atoms with van der Waals surface area (Å²) in [5.41, 5.74) is 0.310. The molecule has 0 fully saturated rings. The lowest BCUT2D eigenvalue weighted by Gasteiger charge is -2.16. The number of thiazole rings is 1. The number of hydrogen-bond acceptors (Lipinski definition) is 6. The van der Waals surface area contributed by atoms with E-state index >= 15 is 0 Å². The fourth-order valence-electron chi connectivity index (χ4n) is 2.86. The number of non-ortho nitro benzene ring substituents is 1. The maximum atomic E-state index is 14.1. The van der Waals surface area contributed by atoms with Crippen molar-refractivity contribution in [3.05, 3.63) is 93.9 Å². The molecule has 10 heteroatoms. The molecule has 0 unspecified atom stereocenters. The maximum Gasteiger partial charge on any atom is 0.270 e. The molecule has 0 spiro atoms. The van der Waals surface area contributed by atoms with Crippen molar-refractivity contribution < 1.29 is 22.9 Å². The largest absolute Gasteiger partial charge is 0.467 e. The Hall–Kier alpha value is -3.92. The standard InChI is InChI=1S/C21H13F2N3O4S/c22-14-10-17(23)20-18(11-14)31-21(24-20)25(12-16-5-2-8-30-16)19(27)7-6-13-3-1-4-15(9-13)26(28)29/h1-11H,12H2/b7-6+. The van der Waals surface area contributed by atoms with Gasteiger partial charge >= 0.3 is 0 Å². The van der Waals surface area contributed by atoms with Crippen molar-refractivity contribution in [1.29, 1.82) is 0 Å². The molecule has 156 valence electrons. The van der Waals surface area contributed by atoms with E-state index in [2.05, 4.69) is 4.98 Å². The molecule has 2 aromatic heterocycles. The Morgan fingerprint density at radius 2 is 2.06 bits per heavy atom. The minimum Gasteiger partial charge on any atom is -0.467 e. The van der Waals surface area contributed by atoms with Gasteiger partial charge in [0.2, 0.25) is 0 Å². The van der Waals surface area contributed by atoms with Gasteiger partial charge in [0.05, 0.1) is 22.4 Å². The zero-order valence-corrected chi connectivity index (χ0v) is 16.5. The average molecular weight is 441 g/mol. The highest BCUT2D eigenvalue weighted by Crippen LogP contribution is 2.32. The van der Waals surface area contributed by atoms with Crippen LogP contribution in [0.1, 0.15) is 11.3 Å². The summed E-state index contributed by atoms with van der Waals surface area (Å²) in [6.07, 6.45) is 4.10. The molecule has 4 aromatic rings. The van der Waals surface area contributed by atoms with E-state index in [0.29, 0.717) is 11.3 Å². The van der Waals surface area contributed by atoms with Crippen molar-refractivity contribution in [3.63, 3.8) is 0 Å². The van der Waals surface area contributed by atoms with Crippen molar-refractivity contribution in [2.24, 2.45) is 0 Å². The Balaban J connectivity index is 1.68. The number of halogens is 2. The number of rotatable bonds is 6. The lowest BCUT2D eigenvalue weighted by Crippen LogP contribution is -2.28. The molecular formula is C21H13F2N3O4S. The number of fused-ring (bicyclic) bond motifs is 1. The third-order valence-corrected chi connectivity index (χ3v) is 5.32. The number of benzene rings is 2. The molecule has 0 N–H and O–H groups in total. The third kappa shape index (κ3) is 4.48. The second kappa shape index (κ2) is 8.44. The minimum absolute atomic E-state index is 0.00896. The normalized spacial score (nSPS) is 11.3. The van der Waals surface area contributed by atoms with Crippen LogP contribution in [0.4, 0.5) is 19.6 Å². The number of nitro groups is 1. The predicted molar refractivity (Wildman–Crippen MR) is 112 cm³/mol. The van der Waals surface area contributed by atoms with Crippen molar-refractivity contribution >= 4 is 44.4 Å². The second-order valence-corrected chi connectivity index (χ2v) is 7.43. The SMILES string of the molecule is O=C(/C=C/c1cccc([N+](=O)[O-])c1)N(Cc1ccco1)c1nc2c(F)cc(F)cc2s1. The van der Waals surface area contributed by atoms with Gasteiger partial charge < -0.3 is 4.42 Å². The zero-order chi connectivity index (χ0) is 22.0. The number of nitro benzene ring substituents is 1. The van der Waals surface area contributed by atoms with E-state index in [4.69, 9.17) is 4.42 Å². The van der Waals surface area contributed by atoms with Crippen LogP contribution in [0.15, 0.2) is 65.3 Å². The highest BCUT2D eigenvalue weighted by molar-refractivity contribution is 7.22. The number of carbonyl (C=O) groups is 1. The molecule has 4 rings (SSSR count). The van der Waals surface area contributed by atoms with E-state index < -0.39 is 22.5 Å². The summed E-state index contributed by atoms with van der Waals surface area (Å²) >= 11 is 0.961. The first-order valence-electron chi connectivity index (χ1n) is 8.93. The van der Waals surface area contributed by atoms with E-state index in [-0.39, 0.29) is 27.6 Å². The molecule has 0 saturated heterocycles. The monoisotopic (exact) mass is 441 g/mol. The van der Waals surface area contributed by atoms with E-state index in [1.54, 1.807) is 18.2 Å². The van der Waals surface area contributed by atoms with Gasteiger partial charge in [-0.2, -0.15) is 0 Å². The number of furan rings is 1. The summed E-state index contributed by atoms with van der Waals surface area (Å²) in [6.45, 7) is 0.00896. The number of carbonyl (C=O) groups excluding carboxylic acids is 1. The van der Waals surface area contributed by atoms with E-state index in [0.717, 1.165) is 23.5 Å². The van der Waals surface area contributed by atoms with Gasteiger partial charge in [0.1, 0.15) is 17.1 Å². The third-order valence-electron chi connectivity index (χ3n) is 4.29. The van der Waals surface area contributed by atoms with Gasteiger partial charge in [-0.15, -0.1) is 0 Å².